The summed E-state index contributed by atoms with van der Waals surface area (Å²) in [4.78, 5) is 18.6. The van der Waals surface area contributed by atoms with Crippen molar-refractivity contribution in [1.82, 2.24) is 25.0 Å². The Morgan fingerprint density at radius 3 is 2.68 bits per heavy atom. The van der Waals surface area contributed by atoms with Gasteiger partial charge in [0.2, 0.25) is 5.82 Å². The summed E-state index contributed by atoms with van der Waals surface area (Å²) < 4.78 is 1.58. The SMILES string of the molecule is CCN(CC)CCNC(=O)c1nc(C2CC2)nn1C. The van der Waals surface area contributed by atoms with E-state index in [2.05, 4.69) is 34.1 Å². The molecular weight excluding hydrogens is 242 g/mol. The fourth-order valence-corrected chi connectivity index (χ4v) is 2.06. The minimum Gasteiger partial charge on any atom is -0.348 e. The number of amides is 1. The van der Waals surface area contributed by atoms with Crippen molar-refractivity contribution < 1.29 is 4.79 Å². The molecule has 6 nitrogen and oxygen atoms in total. The number of carbonyl (C=O) groups excluding carboxylic acids is 1. The molecule has 1 N–H and O–H groups in total. The lowest BCUT2D eigenvalue weighted by molar-refractivity contribution is 0.0934. The molecule has 1 saturated carbocycles. The van der Waals surface area contributed by atoms with Gasteiger partial charge in [0.05, 0.1) is 0 Å². The molecule has 6 heteroatoms. The van der Waals surface area contributed by atoms with Gasteiger partial charge < -0.3 is 10.2 Å². The van der Waals surface area contributed by atoms with Crippen LogP contribution in [0.2, 0.25) is 0 Å². The van der Waals surface area contributed by atoms with Gasteiger partial charge in [-0.15, -0.1) is 0 Å². The largest absolute Gasteiger partial charge is 0.348 e. The second kappa shape index (κ2) is 6.14. The molecule has 0 saturated heterocycles. The minimum absolute atomic E-state index is 0.131. The second-order valence-corrected chi connectivity index (χ2v) is 4.97. The lowest BCUT2D eigenvalue weighted by Crippen LogP contribution is -2.35. The van der Waals surface area contributed by atoms with Crippen molar-refractivity contribution in [3.05, 3.63) is 11.6 Å². The van der Waals surface area contributed by atoms with E-state index in [1.54, 1.807) is 11.7 Å². The van der Waals surface area contributed by atoms with Crippen LogP contribution in [-0.4, -0.2) is 51.8 Å². The summed E-state index contributed by atoms with van der Waals surface area (Å²) in [5.41, 5.74) is 0. The van der Waals surface area contributed by atoms with Crippen LogP contribution in [0.25, 0.3) is 0 Å². The van der Waals surface area contributed by atoms with Crippen molar-refractivity contribution in [3.8, 4) is 0 Å². The van der Waals surface area contributed by atoms with Gasteiger partial charge in [-0.2, -0.15) is 5.10 Å². The van der Waals surface area contributed by atoms with Crippen LogP contribution in [0.5, 0.6) is 0 Å². The van der Waals surface area contributed by atoms with E-state index >= 15 is 0 Å². The standard InChI is InChI=1S/C13H23N5O/c1-4-18(5-2)9-8-14-13(19)12-15-11(10-6-7-10)16-17(12)3/h10H,4-9H2,1-3H3,(H,14,19). The maximum absolute atomic E-state index is 12.0. The van der Waals surface area contributed by atoms with E-state index in [1.807, 2.05) is 0 Å². The highest BCUT2D eigenvalue weighted by molar-refractivity contribution is 5.90. The fourth-order valence-electron chi connectivity index (χ4n) is 2.06. The van der Waals surface area contributed by atoms with Crippen molar-refractivity contribution in [2.24, 2.45) is 7.05 Å². The van der Waals surface area contributed by atoms with E-state index in [4.69, 9.17) is 0 Å². The molecule has 0 atom stereocenters. The van der Waals surface area contributed by atoms with Crippen LogP contribution in [0.4, 0.5) is 0 Å². The highest BCUT2D eigenvalue weighted by Crippen LogP contribution is 2.37. The second-order valence-electron chi connectivity index (χ2n) is 4.97. The lowest BCUT2D eigenvalue weighted by Gasteiger charge is -2.17. The van der Waals surface area contributed by atoms with Gasteiger partial charge >= 0.3 is 0 Å². The minimum atomic E-state index is -0.131. The Hall–Kier alpha value is -1.43. The number of nitrogens with one attached hydrogen (secondary N) is 1. The molecule has 1 fully saturated rings. The van der Waals surface area contributed by atoms with Gasteiger partial charge in [-0.25, -0.2) is 9.67 Å². The number of likely N-dealkylation sites (N-methyl/N-ethyl adjacent to an activating group) is 1. The van der Waals surface area contributed by atoms with Crippen LogP contribution in [0.3, 0.4) is 0 Å². The van der Waals surface area contributed by atoms with Crippen LogP contribution < -0.4 is 5.32 Å². The number of carbonyl (C=O) groups is 1. The van der Waals surface area contributed by atoms with E-state index in [0.717, 1.165) is 38.3 Å². The molecule has 1 aliphatic rings. The third-order valence-corrected chi connectivity index (χ3v) is 3.53. The van der Waals surface area contributed by atoms with Crippen LogP contribution in [0.15, 0.2) is 0 Å². The Kier molecular flexibility index (Phi) is 4.52. The van der Waals surface area contributed by atoms with Crippen LogP contribution in [0, 0.1) is 0 Å². The fraction of sp³-hybridized carbons (Fsp3) is 0.769. The number of hydrogen-bond acceptors (Lipinski definition) is 4. The molecule has 0 spiro atoms. The molecule has 1 aromatic rings. The molecule has 0 aromatic carbocycles. The van der Waals surface area contributed by atoms with Gasteiger partial charge in [0.15, 0.2) is 5.82 Å². The van der Waals surface area contributed by atoms with E-state index in [-0.39, 0.29) is 5.91 Å². The summed E-state index contributed by atoms with van der Waals surface area (Å²) in [6.07, 6.45) is 2.29. The number of aryl methyl sites for hydroxylation is 1. The number of hydrogen-bond donors (Lipinski definition) is 1. The Labute approximate surface area is 114 Å². The quantitative estimate of drug-likeness (QED) is 0.791. The van der Waals surface area contributed by atoms with Crippen molar-refractivity contribution in [2.45, 2.75) is 32.6 Å². The normalized spacial score (nSPS) is 14.9. The summed E-state index contributed by atoms with van der Waals surface area (Å²) in [6, 6.07) is 0. The van der Waals surface area contributed by atoms with Crippen molar-refractivity contribution in [2.75, 3.05) is 26.2 Å². The Balaban J connectivity index is 1.85. The molecule has 1 aromatic heterocycles. The first-order valence-corrected chi connectivity index (χ1v) is 7.07. The molecular formula is C13H23N5O. The van der Waals surface area contributed by atoms with E-state index in [1.165, 1.54) is 0 Å². The van der Waals surface area contributed by atoms with Gasteiger partial charge in [0, 0.05) is 26.1 Å². The molecule has 0 radical (unpaired) electrons. The first-order chi connectivity index (χ1) is 9.15. The smallest absolute Gasteiger partial charge is 0.288 e. The maximum atomic E-state index is 12.0. The third kappa shape index (κ3) is 3.53. The predicted octanol–water partition coefficient (Wildman–Crippen LogP) is 0.764. The topological polar surface area (TPSA) is 63.1 Å². The summed E-state index contributed by atoms with van der Waals surface area (Å²) in [5.74, 6) is 1.58. The Bertz CT molecular complexity index is 434. The third-order valence-electron chi connectivity index (χ3n) is 3.53. The Morgan fingerprint density at radius 1 is 1.42 bits per heavy atom. The summed E-state index contributed by atoms with van der Waals surface area (Å²) >= 11 is 0. The lowest BCUT2D eigenvalue weighted by atomic mass is 10.4. The molecule has 1 aliphatic carbocycles. The molecule has 19 heavy (non-hydrogen) atoms. The van der Waals surface area contributed by atoms with Crippen molar-refractivity contribution >= 4 is 5.91 Å². The van der Waals surface area contributed by atoms with Crippen LogP contribution in [0.1, 0.15) is 49.1 Å². The number of aromatic nitrogens is 3. The summed E-state index contributed by atoms with van der Waals surface area (Å²) in [6.45, 7) is 7.76. The molecule has 0 unspecified atom stereocenters. The van der Waals surface area contributed by atoms with Crippen molar-refractivity contribution in [1.29, 1.82) is 0 Å². The zero-order chi connectivity index (χ0) is 13.8. The first-order valence-electron chi connectivity index (χ1n) is 7.07. The van der Waals surface area contributed by atoms with E-state index in [9.17, 15) is 4.79 Å². The molecule has 1 heterocycles. The highest BCUT2D eigenvalue weighted by atomic mass is 16.2. The molecule has 1 amide bonds. The van der Waals surface area contributed by atoms with E-state index < -0.39 is 0 Å². The number of rotatable bonds is 7. The zero-order valence-corrected chi connectivity index (χ0v) is 12.0. The molecule has 106 valence electrons. The maximum Gasteiger partial charge on any atom is 0.288 e. The van der Waals surface area contributed by atoms with Gasteiger partial charge in [0.1, 0.15) is 0 Å². The van der Waals surface area contributed by atoms with Gasteiger partial charge in [0.25, 0.3) is 5.91 Å². The van der Waals surface area contributed by atoms with Crippen LogP contribution >= 0.6 is 0 Å². The summed E-state index contributed by atoms with van der Waals surface area (Å²) in [7, 11) is 1.78. The highest BCUT2D eigenvalue weighted by Gasteiger charge is 2.29. The van der Waals surface area contributed by atoms with Crippen LogP contribution in [-0.2, 0) is 7.05 Å². The molecule has 0 aliphatic heterocycles. The summed E-state index contributed by atoms with van der Waals surface area (Å²) in [5, 5.41) is 7.21. The monoisotopic (exact) mass is 265 g/mol. The van der Waals surface area contributed by atoms with Gasteiger partial charge in [-0.05, 0) is 25.9 Å². The van der Waals surface area contributed by atoms with E-state index in [0.29, 0.717) is 18.3 Å². The first kappa shape index (κ1) is 14.0. The average Bonchev–Trinajstić information content (AvgIpc) is 3.18. The zero-order valence-electron chi connectivity index (χ0n) is 12.0. The number of nitrogens with zero attached hydrogens (tertiary/aromatic N) is 4. The Morgan fingerprint density at radius 2 is 2.11 bits per heavy atom. The average molecular weight is 265 g/mol. The van der Waals surface area contributed by atoms with Gasteiger partial charge in [-0.3, -0.25) is 4.79 Å². The van der Waals surface area contributed by atoms with Gasteiger partial charge in [-0.1, -0.05) is 13.8 Å². The predicted molar refractivity (Wildman–Crippen MR) is 73.1 cm³/mol. The molecule has 0 bridgehead atoms. The molecule has 2 rings (SSSR count). The van der Waals surface area contributed by atoms with Crippen molar-refractivity contribution in [3.63, 3.8) is 0 Å².